The summed E-state index contributed by atoms with van der Waals surface area (Å²) in [7, 11) is 1.32. The standard InChI is InChI=1S/C20H15N3O2/c1-25-20(24)17-11-19(23-13-18(17)21)16-8-6-14(7-9-16)4-5-15-3-2-10-22-12-15/h2-3,6-13H,21H2,1H3. The van der Waals surface area contributed by atoms with Crippen molar-refractivity contribution in [2.24, 2.45) is 0 Å². The number of benzene rings is 1. The molecular formula is C20H15N3O2. The number of nitrogen functional groups attached to an aromatic ring is 1. The van der Waals surface area contributed by atoms with Gasteiger partial charge in [-0.25, -0.2) is 4.79 Å². The molecule has 1 aromatic carbocycles. The largest absolute Gasteiger partial charge is 0.465 e. The second-order valence-corrected chi connectivity index (χ2v) is 5.22. The molecule has 3 rings (SSSR count). The van der Waals surface area contributed by atoms with Crippen molar-refractivity contribution in [3.8, 4) is 23.1 Å². The van der Waals surface area contributed by atoms with E-state index < -0.39 is 5.97 Å². The summed E-state index contributed by atoms with van der Waals surface area (Å²) in [4.78, 5) is 20.0. The van der Waals surface area contributed by atoms with Crippen LogP contribution in [0.25, 0.3) is 11.3 Å². The SMILES string of the molecule is COC(=O)c1cc(-c2ccc(C#Cc3cccnc3)cc2)ncc1N. The first-order valence-electron chi connectivity index (χ1n) is 7.53. The number of nitrogens with zero attached hydrogens (tertiary/aromatic N) is 2. The lowest BCUT2D eigenvalue weighted by atomic mass is 10.1. The zero-order chi connectivity index (χ0) is 17.6. The summed E-state index contributed by atoms with van der Waals surface area (Å²) in [6.07, 6.45) is 4.88. The summed E-state index contributed by atoms with van der Waals surface area (Å²) in [6.45, 7) is 0. The van der Waals surface area contributed by atoms with Gasteiger partial charge in [0.25, 0.3) is 0 Å². The number of carbonyl (C=O) groups excluding carboxylic acids is 1. The number of esters is 1. The number of carbonyl (C=O) groups is 1. The average molecular weight is 329 g/mol. The maximum atomic E-state index is 11.7. The third-order valence-corrected chi connectivity index (χ3v) is 3.53. The van der Waals surface area contributed by atoms with Crippen molar-refractivity contribution in [3.63, 3.8) is 0 Å². The third kappa shape index (κ3) is 3.82. The van der Waals surface area contributed by atoms with E-state index in [1.807, 2.05) is 36.4 Å². The molecule has 25 heavy (non-hydrogen) atoms. The van der Waals surface area contributed by atoms with E-state index in [4.69, 9.17) is 10.5 Å². The Hall–Kier alpha value is -3.65. The van der Waals surface area contributed by atoms with Gasteiger partial charge in [0.2, 0.25) is 0 Å². The lowest BCUT2D eigenvalue weighted by Gasteiger charge is -2.06. The Kier molecular flexibility index (Phi) is 4.72. The summed E-state index contributed by atoms with van der Waals surface area (Å²) in [5, 5.41) is 0. The van der Waals surface area contributed by atoms with Gasteiger partial charge in [0.1, 0.15) is 0 Å². The van der Waals surface area contributed by atoms with Crippen LogP contribution in [-0.2, 0) is 4.74 Å². The molecule has 122 valence electrons. The van der Waals surface area contributed by atoms with Gasteiger partial charge >= 0.3 is 5.97 Å². The van der Waals surface area contributed by atoms with E-state index >= 15 is 0 Å². The quantitative estimate of drug-likeness (QED) is 0.578. The van der Waals surface area contributed by atoms with Gasteiger partial charge in [-0.15, -0.1) is 0 Å². The molecule has 0 saturated carbocycles. The molecule has 0 atom stereocenters. The molecule has 0 aliphatic rings. The highest BCUT2D eigenvalue weighted by molar-refractivity contribution is 5.95. The molecule has 0 unspecified atom stereocenters. The molecule has 0 amide bonds. The first-order chi connectivity index (χ1) is 12.2. The van der Waals surface area contributed by atoms with E-state index in [0.717, 1.165) is 16.7 Å². The van der Waals surface area contributed by atoms with Gasteiger partial charge < -0.3 is 10.5 Å². The summed E-state index contributed by atoms with van der Waals surface area (Å²) in [5.41, 5.74) is 9.59. The van der Waals surface area contributed by atoms with E-state index in [2.05, 4.69) is 21.8 Å². The second-order valence-electron chi connectivity index (χ2n) is 5.22. The Morgan fingerprint density at radius 2 is 1.84 bits per heavy atom. The maximum Gasteiger partial charge on any atom is 0.340 e. The first kappa shape index (κ1) is 16.2. The van der Waals surface area contributed by atoms with Crippen LogP contribution in [0.15, 0.2) is 61.1 Å². The van der Waals surface area contributed by atoms with Crippen molar-refractivity contribution < 1.29 is 9.53 Å². The van der Waals surface area contributed by atoms with Crippen LogP contribution in [-0.4, -0.2) is 23.0 Å². The minimum absolute atomic E-state index is 0.287. The van der Waals surface area contributed by atoms with E-state index in [-0.39, 0.29) is 5.69 Å². The first-order valence-corrected chi connectivity index (χ1v) is 7.53. The summed E-state index contributed by atoms with van der Waals surface area (Å²) < 4.78 is 4.73. The van der Waals surface area contributed by atoms with Crippen LogP contribution in [0.3, 0.4) is 0 Å². The van der Waals surface area contributed by atoms with Crippen LogP contribution < -0.4 is 5.73 Å². The van der Waals surface area contributed by atoms with Crippen LogP contribution in [0.4, 0.5) is 5.69 Å². The normalized spacial score (nSPS) is 9.80. The van der Waals surface area contributed by atoms with Crippen LogP contribution in [0.1, 0.15) is 21.5 Å². The van der Waals surface area contributed by atoms with Gasteiger partial charge in [0.15, 0.2) is 0 Å². The van der Waals surface area contributed by atoms with Crippen LogP contribution in [0.5, 0.6) is 0 Å². The van der Waals surface area contributed by atoms with Gasteiger partial charge in [0, 0.05) is 29.1 Å². The Balaban J connectivity index is 1.86. The maximum absolute atomic E-state index is 11.7. The van der Waals surface area contributed by atoms with E-state index in [9.17, 15) is 4.79 Å². The third-order valence-electron chi connectivity index (χ3n) is 3.53. The highest BCUT2D eigenvalue weighted by atomic mass is 16.5. The minimum Gasteiger partial charge on any atom is -0.465 e. The van der Waals surface area contributed by atoms with E-state index in [0.29, 0.717) is 11.3 Å². The van der Waals surface area contributed by atoms with Gasteiger partial charge in [-0.3, -0.25) is 9.97 Å². The topological polar surface area (TPSA) is 78.1 Å². The molecule has 5 nitrogen and oxygen atoms in total. The van der Waals surface area contributed by atoms with Crippen LogP contribution >= 0.6 is 0 Å². The highest BCUT2D eigenvalue weighted by Gasteiger charge is 2.12. The highest BCUT2D eigenvalue weighted by Crippen LogP contribution is 2.22. The van der Waals surface area contributed by atoms with Crippen molar-refractivity contribution >= 4 is 11.7 Å². The fraction of sp³-hybridized carbons (Fsp3) is 0.0500. The molecule has 2 N–H and O–H groups in total. The Bertz CT molecular complexity index is 956. The van der Waals surface area contributed by atoms with Gasteiger partial charge in [-0.2, -0.15) is 0 Å². The summed E-state index contributed by atoms with van der Waals surface area (Å²) in [5.74, 6) is 5.65. The fourth-order valence-corrected chi connectivity index (χ4v) is 2.22. The molecule has 2 heterocycles. The molecule has 0 radical (unpaired) electrons. The van der Waals surface area contributed by atoms with Crippen LogP contribution in [0, 0.1) is 11.8 Å². The number of nitrogens with two attached hydrogens (primary N) is 1. The number of ether oxygens (including phenoxy) is 1. The lowest BCUT2D eigenvalue weighted by Crippen LogP contribution is -2.06. The summed E-state index contributed by atoms with van der Waals surface area (Å²) in [6, 6.07) is 13.0. The van der Waals surface area contributed by atoms with Crippen molar-refractivity contribution in [2.75, 3.05) is 12.8 Å². The smallest absolute Gasteiger partial charge is 0.340 e. The van der Waals surface area contributed by atoms with Crippen molar-refractivity contribution in [1.82, 2.24) is 9.97 Å². The number of anilines is 1. The van der Waals surface area contributed by atoms with Gasteiger partial charge in [0.05, 0.1) is 30.3 Å². The Labute approximate surface area is 145 Å². The van der Waals surface area contributed by atoms with E-state index in [1.54, 1.807) is 18.5 Å². The monoisotopic (exact) mass is 329 g/mol. The zero-order valence-electron chi connectivity index (χ0n) is 13.6. The minimum atomic E-state index is -0.486. The number of methoxy groups -OCH3 is 1. The predicted molar refractivity (Wildman–Crippen MR) is 95.6 cm³/mol. The molecule has 0 bridgehead atoms. The molecule has 0 aliphatic heterocycles. The van der Waals surface area contributed by atoms with Crippen molar-refractivity contribution in [2.45, 2.75) is 0 Å². The molecular weight excluding hydrogens is 314 g/mol. The molecule has 0 saturated heterocycles. The summed E-state index contributed by atoms with van der Waals surface area (Å²) >= 11 is 0. The van der Waals surface area contributed by atoms with Gasteiger partial charge in [-0.1, -0.05) is 24.0 Å². The number of hydrogen-bond donors (Lipinski definition) is 1. The van der Waals surface area contributed by atoms with Crippen molar-refractivity contribution in [3.05, 3.63) is 77.7 Å². The zero-order valence-corrected chi connectivity index (χ0v) is 13.6. The predicted octanol–water partition coefficient (Wildman–Crippen LogP) is 2.91. The van der Waals surface area contributed by atoms with E-state index in [1.165, 1.54) is 13.3 Å². The van der Waals surface area contributed by atoms with Crippen LogP contribution in [0.2, 0.25) is 0 Å². The molecule has 5 heteroatoms. The number of rotatable bonds is 2. The number of aromatic nitrogens is 2. The number of pyridine rings is 2. The van der Waals surface area contributed by atoms with Crippen molar-refractivity contribution in [1.29, 1.82) is 0 Å². The second kappa shape index (κ2) is 7.28. The van der Waals surface area contributed by atoms with Gasteiger partial charge in [-0.05, 0) is 30.3 Å². The molecule has 2 aromatic heterocycles. The molecule has 0 fully saturated rings. The Morgan fingerprint density at radius 1 is 1.08 bits per heavy atom. The molecule has 0 spiro atoms. The fourth-order valence-electron chi connectivity index (χ4n) is 2.22. The number of hydrogen-bond acceptors (Lipinski definition) is 5. The average Bonchev–Trinajstić information content (AvgIpc) is 2.67. The molecule has 3 aromatic rings. The molecule has 0 aliphatic carbocycles. The Morgan fingerprint density at radius 3 is 2.52 bits per heavy atom. The lowest BCUT2D eigenvalue weighted by molar-refractivity contribution is 0.0602.